The van der Waals surface area contributed by atoms with Crippen molar-refractivity contribution in [2.45, 2.75) is 72.7 Å². The molecule has 5 rings (SSSR count). The van der Waals surface area contributed by atoms with Crippen LogP contribution in [0.4, 0.5) is 5.82 Å². The van der Waals surface area contributed by atoms with Crippen LogP contribution in [0.2, 0.25) is 0 Å². The number of ether oxygens (including phenoxy) is 2. The molecule has 0 amide bonds. The lowest BCUT2D eigenvalue weighted by atomic mass is 9.82. The first-order chi connectivity index (χ1) is 19.4. The first kappa shape index (κ1) is 28.5. The Labute approximate surface area is 241 Å². The number of fused-ring (bicyclic) bond motifs is 1. The van der Waals surface area contributed by atoms with Gasteiger partial charge in [-0.05, 0) is 57.6 Å². The third kappa shape index (κ3) is 6.51. The van der Waals surface area contributed by atoms with Gasteiger partial charge in [-0.3, -0.25) is 0 Å². The number of carbonyl (C=O) groups is 1. The number of pyridine rings is 1. The summed E-state index contributed by atoms with van der Waals surface area (Å²) in [6, 6.07) is 17.4. The fourth-order valence-electron chi connectivity index (χ4n) is 5.13. The first-order valence-corrected chi connectivity index (χ1v) is 14.1. The van der Waals surface area contributed by atoms with Gasteiger partial charge >= 0.3 is 5.97 Å². The predicted molar refractivity (Wildman–Crippen MR) is 158 cm³/mol. The molecule has 3 aromatic heterocycles. The lowest BCUT2D eigenvalue weighted by Gasteiger charge is -2.39. The van der Waals surface area contributed by atoms with Gasteiger partial charge in [0.05, 0.1) is 16.9 Å². The summed E-state index contributed by atoms with van der Waals surface area (Å²) in [4.78, 5) is 24.4. The van der Waals surface area contributed by atoms with Crippen molar-refractivity contribution in [1.29, 1.82) is 0 Å². The number of piperidine rings is 1. The number of benzene rings is 1. The van der Waals surface area contributed by atoms with E-state index >= 15 is 0 Å². The van der Waals surface area contributed by atoms with Crippen LogP contribution >= 0.6 is 0 Å². The van der Waals surface area contributed by atoms with Crippen molar-refractivity contribution in [3.8, 4) is 17.3 Å². The van der Waals surface area contributed by atoms with E-state index in [1.165, 1.54) is 0 Å². The molecule has 0 spiro atoms. The van der Waals surface area contributed by atoms with E-state index in [2.05, 4.69) is 18.7 Å². The lowest BCUT2D eigenvalue weighted by Crippen LogP contribution is -2.40. The highest BCUT2D eigenvalue weighted by Gasteiger charge is 2.36. The second-order valence-electron chi connectivity index (χ2n) is 12.5. The predicted octanol–water partition coefficient (Wildman–Crippen LogP) is 6.25. The molecule has 1 atom stereocenters. The van der Waals surface area contributed by atoms with E-state index in [-0.39, 0.29) is 5.41 Å². The van der Waals surface area contributed by atoms with Gasteiger partial charge in [-0.1, -0.05) is 50.2 Å². The van der Waals surface area contributed by atoms with Crippen molar-refractivity contribution in [2.75, 3.05) is 18.0 Å². The summed E-state index contributed by atoms with van der Waals surface area (Å²) < 4.78 is 13.8. The summed E-state index contributed by atoms with van der Waals surface area (Å²) >= 11 is 0. The topological polar surface area (TPSA) is 102 Å². The first-order valence-electron chi connectivity index (χ1n) is 14.1. The van der Waals surface area contributed by atoms with Crippen LogP contribution in [-0.4, -0.2) is 49.3 Å². The van der Waals surface area contributed by atoms with Crippen molar-refractivity contribution in [2.24, 2.45) is 5.41 Å². The van der Waals surface area contributed by atoms with Gasteiger partial charge < -0.3 is 19.5 Å². The SMILES string of the molecule is Cc1nc2cc(-c3cccc(OCc4ccccc4)n3)nn2c(N2CCC(C)(C)CC2)c1[C@H](OC(C)(C)C)C(=O)O. The lowest BCUT2D eigenvalue weighted by molar-refractivity contribution is -0.160. The zero-order valence-corrected chi connectivity index (χ0v) is 24.7. The molecule has 9 heteroatoms. The van der Waals surface area contributed by atoms with Gasteiger partial charge in [0.1, 0.15) is 18.1 Å². The molecule has 9 nitrogen and oxygen atoms in total. The van der Waals surface area contributed by atoms with Crippen LogP contribution in [0.5, 0.6) is 5.88 Å². The molecule has 1 saturated heterocycles. The number of hydrogen-bond acceptors (Lipinski definition) is 7. The third-order valence-corrected chi connectivity index (χ3v) is 7.39. The molecule has 1 N–H and O–H groups in total. The van der Waals surface area contributed by atoms with Crippen molar-refractivity contribution >= 4 is 17.4 Å². The second-order valence-corrected chi connectivity index (χ2v) is 12.5. The van der Waals surface area contributed by atoms with Gasteiger partial charge in [-0.15, -0.1) is 0 Å². The number of anilines is 1. The van der Waals surface area contributed by atoms with Crippen LogP contribution in [0.15, 0.2) is 54.6 Å². The fraction of sp³-hybridized carbons (Fsp3) is 0.438. The number of aliphatic carboxylic acids is 1. The number of aromatic nitrogens is 4. The van der Waals surface area contributed by atoms with Gasteiger partial charge in [0, 0.05) is 30.9 Å². The number of hydrogen-bond donors (Lipinski definition) is 1. The molecule has 1 aliphatic rings. The molecule has 0 radical (unpaired) electrons. The minimum absolute atomic E-state index is 0.214. The van der Waals surface area contributed by atoms with Gasteiger partial charge in [-0.2, -0.15) is 9.61 Å². The molecule has 0 unspecified atom stereocenters. The summed E-state index contributed by atoms with van der Waals surface area (Å²) in [5.74, 6) is 0.152. The summed E-state index contributed by atoms with van der Waals surface area (Å²) in [6.07, 6.45) is 0.755. The van der Waals surface area contributed by atoms with Crippen LogP contribution < -0.4 is 9.64 Å². The standard InChI is InChI=1S/C32H39N5O4/c1-21-27(28(30(38)39)41-31(2,3)4)29(36-17-15-32(5,6)16-18-36)37-25(33-21)19-24(35-37)23-13-10-14-26(34-23)40-20-22-11-8-7-9-12-22/h7-14,19,28H,15-18,20H2,1-6H3,(H,38,39)/t28-/m0/s1. The van der Waals surface area contributed by atoms with Crippen molar-refractivity contribution < 1.29 is 19.4 Å². The normalized spacial score (nSPS) is 16.1. The smallest absolute Gasteiger partial charge is 0.337 e. The van der Waals surface area contributed by atoms with E-state index in [4.69, 9.17) is 24.5 Å². The molecular formula is C32H39N5O4. The molecule has 0 aliphatic carbocycles. The summed E-state index contributed by atoms with van der Waals surface area (Å²) in [5.41, 5.74) is 3.62. The summed E-state index contributed by atoms with van der Waals surface area (Å²) in [6.45, 7) is 13.9. The Morgan fingerprint density at radius 1 is 1.02 bits per heavy atom. The quantitative estimate of drug-likeness (QED) is 0.271. The van der Waals surface area contributed by atoms with E-state index in [9.17, 15) is 9.90 Å². The molecular weight excluding hydrogens is 518 g/mol. The Hall–Kier alpha value is -3.98. The van der Waals surface area contributed by atoms with Gasteiger partial charge in [0.15, 0.2) is 11.8 Å². The maximum Gasteiger partial charge on any atom is 0.337 e. The third-order valence-electron chi connectivity index (χ3n) is 7.39. The Morgan fingerprint density at radius 2 is 1.73 bits per heavy atom. The highest BCUT2D eigenvalue weighted by Crippen LogP contribution is 2.39. The Balaban J connectivity index is 1.58. The number of carboxylic acid groups (broad SMARTS) is 1. The molecule has 4 heterocycles. The largest absolute Gasteiger partial charge is 0.479 e. The molecule has 1 aromatic carbocycles. The molecule has 0 saturated carbocycles. The summed E-state index contributed by atoms with van der Waals surface area (Å²) in [5, 5.41) is 15.3. The van der Waals surface area contributed by atoms with Crippen molar-refractivity contribution in [1.82, 2.24) is 19.6 Å². The number of aryl methyl sites for hydroxylation is 1. The maximum atomic E-state index is 12.6. The number of rotatable bonds is 8. The number of nitrogens with zero attached hydrogens (tertiary/aromatic N) is 5. The van der Waals surface area contributed by atoms with E-state index < -0.39 is 17.7 Å². The molecule has 1 fully saturated rings. The summed E-state index contributed by atoms with van der Waals surface area (Å²) in [7, 11) is 0. The van der Waals surface area contributed by atoms with Gasteiger partial charge in [0.2, 0.25) is 5.88 Å². The minimum Gasteiger partial charge on any atom is -0.479 e. The molecule has 1 aliphatic heterocycles. The van der Waals surface area contributed by atoms with Crippen LogP contribution in [0.3, 0.4) is 0 Å². The molecule has 0 bridgehead atoms. The second kappa shape index (κ2) is 11.1. The van der Waals surface area contributed by atoms with E-state index in [0.717, 1.165) is 31.5 Å². The average molecular weight is 558 g/mol. The molecule has 41 heavy (non-hydrogen) atoms. The van der Waals surface area contributed by atoms with Crippen LogP contribution in [-0.2, 0) is 16.1 Å². The minimum atomic E-state index is -1.20. The van der Waals surface area contributed by atoms with Crippen LogP contribution in [0.25, 0.3) is 17.0 Å². The zero-order chi connectivity index (χ0) is 29.4. The monoisotopic (exact) mass is 557 g/mol. The Morgan fingerprint density at radius 3 is 2.39 bits per heavy atom. The molecule has 216 valence electrons. The number of carboxylic acids is 1. The van der Waals surface area contributed by atoms with Crippen molar-refractivity contribution in [3.05, 3.63) is 71.4 Å². The van der Waals surface area contributed by atoms with Crippen LogP contribution in [0.1, 0.15) is 70.4 Å². The maximum absolute atomic E-state index is 12.6. The highest BCUT2D eigenvalue weighted by atomic mass is 16.5. The van der Waals surface area contributed by atoms with Gasteiger partial charge in [0.25, 0.3) is 0 Å². The average Bonchev–Trinajstić information content (AvgIpc) is 3.34. The Kier molecular flexibility index (Phi) is 7.74. The van der Waals surface area contributed by atoms with Gasteiger partial charge in [-0.25, -0.2) is 14.8 Å². The highest BCUT2D eigenvalue weighted by molar-refractivity contribution is 5.78. The Bertz CT molecular complexity index is 1530. The molecule has 4 aromatic rings. The van der Waals surface area contributed by atoms with Crippen molar-refractivity contribution in [3.63, 3.8) is 0 Å². The fourth-order valence-corrected chi connectivity index (χ4v) is 5.13. The van der Waals surface area contributed by atoms with E-state index in [1.54, 1.807) is 4.52 Å². The van der Waals surface area contributed by atoms with E-state index in [0.29, 0.717) is 46.6 Å². The van der Waals surface area contributed by atoms with E-state index in [1.807, 2.05) is 82.3 Å². The zero-order valence-electron chi connectivity index (χ0n) is 24.7. The van der Waals surface area contributed by atoms with Crippen LogP contribution in [0, 0.1) is 12.3 Å².